The van der Waals surface area contributed by atoms with Gasteiger partial charge in [0, 0.05) is 51.6 Å². The van der Waals surface area contributed by atoms with Crippen molar-refractivity contribution in [3.8, 4) is 22.3 Å². The summed E-state index contributed by atoms with van der Waals surface area (Å²) in [5.74, 6) is -5.72. The molecule has 4 rings (SSSR count). The number of primary amides is 2. The van der Waals surface area contributed by atoms with E-state index >= 15 is 0 Å². The van der Waals surface area contributed by atoms with Crippen molar-refractivity contribution in [3.05, 3.63) is 120 Å². The number of carboxylic acids is 2. The first-order chi connectivity index (χ1) is 35.3. The Morgan fingerprint density at radius 3 is 1.03 bits per heavy atom. The monoisotopic (exact) mass is 1020 g/mol. The molecule has 0 bridgehead atoms. The Morgan fingerprint density at radius 2 is 0.730 bits per heavy atom. The molecule has 0 heterocycles. The van der Waals surface area contributed by atoms with E-state index in [2.05, 4.69) is 31.3 Å². The molecule has 0 spiro atoms. The van der Waals surface area contributed by atoms with E-state index in [1.54, 1.807) is 0 Å². The van der Waals surface area contributed by atoms with Crippen LogP contribution in [0.5, 0.6) is 0 Å². The second kappa shape index (κ2) is 32.2. The Bertz CT molecular complexity index is 2340. The molecule has 0 saturated heterocycles. The van der Waals surface area contributed by atoms with E-state index in [-0.39, 0.29) is 89.2 Å². The van der Waals surface area contributed by atoms with Crippen LogP contribution in [0.15, 0.2) is 119 Å². The van der Waals surface area contributed by atoms with Gasteiger partial charge >= 0.3 is 11.9 Å². The van der Waals surface area contributed by atoms with Crippen molar-refractivity contribution in [1.29, 1.82) is 0 Å². The summed E-state index contributed by atoms with van der Waals surface area (Å²) in [4.78, 5) is 104. The zero-order chi connectivity index (χ0) is 54.4. The van der Waals surface area contributed by atoms with Crippen LogP contribution < -0.4 is 55.7 Å². The average molecular weight is 1020 g/mol. The number of guanidine groups is 2. The minimum atomic E-state index is -1.01. The van der Waals surface area contributed by atoms with Crippen LogP contribution in [0.4, 0.5) is 0 Å². The fraction of sp³-hybridized carbons (Fsp3) is 0.346. The normalized spacial score (nSPS) is 12.1. The van der Waals surface area contributed by atoms with Crippen LogP contribution in [0.1, 0.15) is 75.3 Å². The summed E-state index contributed by atoms with van der Waals surface area (Å²) >= 11 is 0. The lowest BCUT2D eigenvalue weighted by Gasteiger charge is -2.22. The number of nitrogens with two attached hydrogens (primary N) is 6. The van der Waals surface area contributed by atoms with Crippen LogP contribution in [0.3, 0.4) is 0 Å². The molecule has 18 N–H and O–H groups in total. The summed E-state index contributed by atoms with van der Waals surface area (Å²) in [6.07, 6.45) is 1.38. The van der Waals surface area contributed by atoms with Crippen LogP contribution in [0.25, 0.3) is 22.3 Å². The standard InChI is InChI=1S/2C26H34N6O5/c2*27-24(36)20(8-5-15-30-26(28)29)32-25(37)21(31-22(33)9-4-10-23(34)35)16-17-11-13-19(14-12-17)18-6-2-1-3-7-18/h2*1-3,6-7,11-14,20-21H,4-5,8-10,15-16H2,(H2,27,36)(H,31,33)(H,32,37)(H,34,35)(H4,28,29,30)/t2*20-,21-/m10/s1. The maximum absolute atomic E-state index is 13.1. The van der Waals surface area contributed by atoms with Crippen LogP contribution >= 0.6 is 0 Å². The Labute approximate surface area is 429 Å². The third-order valence-electron chi connectivity index (χ3n) is 11.1. The number of hydrogen-bond donors (Lipinski definition) is 12. The van der Waals surface area contributed by atoms with E-state index < -0.39 is 71.5 Å². The lowest BCUT2D eigenvalue weighted by molar-refractivity contribution is -0.138. The van der Waals surface area contributed by atoms with Gasteiger partial charge in [0.25, 0.3) is 0 Å². The van der Waals surface area contributed by atoms with E-state index in [0.717, 1.165) is 33.4 Å². The van der Waals surface area contributed by atoms with Crippen LogP contribution in [-0.2, 0) is 51.2 Å². The van der Waals surface area contributed by atoms with E-state index in [1.807, 2.05) is 109 Å². The molecule has 22 heteroatoms. The molecule has 0 aliphatic rings. The highest BCUT2D eigenvalue weighted by Gasteiger charge is 2.28. The summed E-state index contributed by atoms with van der Waals surface area (Å²) in [5.41, 5.74) is 37.8. The highest BCUT2D eigenvalue weighted by Crippen LogP contribution is 2.21. The first-order valence-corrected chi connectivity index (χ1v) is 23.9. The average Bonchev–Trinajstić information content (AvgIpc) is 3.36. The van der Waals surface area contributed by atoms with Gasteiger partial charge in [0.15, 0.2) is 11.9 Å². The van der Waals surface area contributed by atoms with Crippen molar-refractivity contribution >= 4 is 59.3 Å². The minimum absolute atomic E-state index is 0.0548. The van der Waals surface area contributed by atoms with Gasteiger partial charge in [-0.05, 0) is 71.9 Å². The van der Waals surface area contributed by atoms with Crippen molar-refractivity contribution in [2.24, 2.45) is 44.4 Å². The molecule has 396 valence electrons. The second-order valence-corrected chi connectivity index (χ2v) is 17.1. The molecule has 4 atom stereocenters. The molecule has 6 amide bonds. The largest absolute Gasteiger partial charge is 0.481 e. The van der Waals surface area contributed by atoms with Gasteiger partial charge in [0.2, 0.25) is 35.4 Å². The van der Waals surface area contributed by atoms with E-state index in [0.29, 0.717) is 12.8 Å². The highest BCUT2D eigenvalue weighted by molar-refractivity contribution is 5.93. The summed E-state index contributed by atoms with van der Waals surface area (Å²) in [6.45, 7) is 0.527. The third-order valence-corrected chi connectivity index (χ3v) is 11.1. The van der Waals surface area contributed by atoms with Gasteiger partial charge in [-0.2, -0.15) is 0 Å². The fourth-order valence-corrected chi connectivity index (χ4v) is 7.27. The number of carbonyl (C=O) groups excluding carboxylic acids is 6. The molecule has 4 aromatic carbocycles. The molecule has 74 heavy (non-hydrogen) atoms. The van der Waals surface area contributed by atoms with E-state index in [9.17, 15) is 38.4 Å². The van der Waals surface area contributed by atoms with Crippen molar-refractivity contribution in [1.82, 2.24) is 21.3 Å². The van der Waals surface area contributed by atoms with Crippen LogP contribution in [0, 0.1) is 0 Å². The molecular formula is C52H68N12O10. The number of nitrogens with one attached hydrogen (secondary N) is 4. The van der Waals surface area contributed by atoms with Crippen molar-refractivity contribution in [2.75, 3.05) is 13.1 Å². The summed E-state index contributed by atoms with van der Waals surface area (Å²) < 4.78 is 0. The predicted octanol–water partition coefficient (Wildman–Crippen LogP) is 1.32. The molecule has 0 radical (unpaired) electrons. The number of aliphatic imine (C=N–C) groups is 2. The van der Waals surface area contributed by atoms with E-state index in [1.165, 1.54) is 0 Å². The Hall–Kier alpha value is -8.82. The topological polar surface area (TPSA) is 406 Å². The zero-order valence-corrected chi connectivity index (χ0v) is 41.1. The van der Waals surface area contributed by atoms with Gasteiger partial charge < -0.3 is 65.9 Å². The first kappa shape index (κ1) is 59.5. The SMILES string of the molecule is NC(=O)[C@@H](CCCN=C(N)N)NC(=O)[C@@H](Cc1ccc(-c2ccccc2)cc1)NC(=O)CCCC(=O)O.NC(=O)[C@H](CCCN=C(N)N)NC(=O)[C@H](Cc1ccc(-c2ccccc2)cc1)NC(=O)CCCC(=O)O. The number of amides is 6. The van der Waals surface area contributed by atoms with Gasteiger partial charge in [-0.1, -0.05) is 109 Å². The highest BCUT2D eigenvalue weighted by atomic mass is 16.4. The third kappa shape index (κ3) is 23.9. The smallest absolute Gasteiger partial charge is 0.303 e. The Balaban J connectivity index is 0.000000390. The maximum Gasteiger partial charge on any atom is 0.303 e. The zero-order valence-electron chi connectivity index (χ0n) is 41.1. The van der Waals surface area contributed by atoms with Gasteiger partial charge in [-0.15, -0.1) is 0 Å². The number of nitrogens with zero attached hydrogens (tertiary/aromatic N) is 2. The number of carboxylic acid groups (broad SMARTS) is 2. The molecule has 4 aromatic rings. The molecular weight excluding hydrogens is 953 g/mol. The van der Waals surface area contributed by atoms with Gasteiger partial charge in [0.1, 0.15) is 24.2 Å². The Kier molecular flexibility index (Phi) is 25.9. The Morgan fingerprint density at radius 1 is 0.405 bits per heavy atom. The number of benzene rings is 4. The fourth-order valence-electron chi connectivity index (χ4n) is 7.27. The molecule has 0 aliphatic heterocycles. The molecule has 0 fully saturated rings. The van der Waals surface area contributed by atoms with Crippen molar-refractivity contribution < 1.29 is 48.6 Å². The van der Waals surface area contributed by atoms with Gasteiger partial charge in [0.05, 0.1) is 0 Å². The molecule has 22 nitrogen and oxygen atoms in total. The summed E-state index contributed by atoms with van der Waals surface area (Å²) in [5, 5.41) is 28.1. The number of carbonyl (C=O) groups is 8. The summed E-state index contributed by atoms with van der Waals surface area (Å²) in [7, 11) is 0. The van der Waals surface area contributed by atoms with Crippen molar-refractivity contribution in [2.45, 2.75) is 101 Å². The number of aliphatic carboxylic acids is 2. The molecule has 0 aromatic heterocycles. The van der Waals surface area contributed by atoms with Gasteiger partial charge in [-0.25, -0.2) is 0 Å². The quantitative estimate of drug-likeness (QED) is 0.0199. The maximum atomic E-state index is 13.1. The first-order valence-electron chi connectivity index (χ1n) is 23.9. The molecule has 0 saturated carbocycles. The van der Waals surface area contributed by atoms with Crippen LogP contribution in [0.2, 0.25) is 0 Å². The minimum Gasteiger partial charge on any atom is -0.481 e. The second-order valence-electron chi connectivity index (χ2n) is 17.1. The van der Waals surface area contributed by atoms with Crippen LogP contribution in [-0.4, -0.2) is 107 Å². The van der Waals surface area contributed by atoms with E-state index in [4.69, 9.17) is 44.6 Å². The van der Waals surface area contributed by atoms with Gasteiger partial charge in [-0.3, -0.25) is 48.3 Å². The predicted molar refractivity (Wildman–Crippen MR) is 280 cm³/mol. The number of rotatable bonds is 30. The molecule has 0 unspecified atom stereocenters. The van der Waals surface area contributed by atoms with Crippen molar-refractivity contribution in [3.63, 3.8) is 0 Å². The summed E-state index contributed by atoms with van der Waals surface area (Å²) in [6, 6.07) is 30.7. The number of hydrogen-bond acceptors (Lipinski definition) is 10. The lowest BCUT2D eigenvalue weighted by Crippen LogP contribution is -2.53. The molecule has 0 aliphatic carbocycles. The lowest BCUT2D eigenvalue weighted by atomic mass is 9.99.